The molecule has 4 heteroatoms. The second-order valence-corrected chi connectivity index (χ2v) is 3.91. The number of carbonyl (C=O) groups excluding carboxylic acids is 1. The van der Waals surface area contributed by atoms with Gasteiger partial charge >= 0.3 is 6.09 Å². The molecule has 1 aliphatic rings. The van der Waals surface area contributed by atoms with E-state index in [0.717, 1.165) is 12.8 Å². The second kappa shape index (κ2) is 5.20. The van der Waals surface area contributed by atoms with Gasteiger partial charge < -0.3 is 15.4 Å². The van der Waals surface area contributed by atoms with Crippen LogP contribution in [-0.2, 0) is 4.74 Å². The summed E-state index contributed by atoms with van der Waals surface area (Å²) in [6, 6.07) is 1.07. The number of hydrogen-bond acceptors (Lipinski definition) is 3. The quantitative estimate of drug-likeness (QED) is 0.705. The normalized spacial score (nSPS) is 32.4. The van der Waals surface area contributed by atoms with Crippen LogP contribution in [0.5, 0.6) is 0 Å². The SMILES string of the molecule is CCOC(=O)NC1CCC(C)NC1C. The van der Waals surface area contributed by atoms with Crippen LogP contribution in [0.1, 0.15) is 33.6 Å². The maximum absolute atomic E-state index is 11.2. The Kier molecular flexibility index (Phi) is 4.20. The maximum atomic E-state index is 11.2. The zero-order valence-corrected chi connectivity index (χ0v) is 9.17. The molecular formula is C10H20N2O2. The molecule has 2 N–H and O–H groups in total. The third kappa shape index (κ3) is 3.18. The van der Waals surface area contributed by atoms with E-state index in [1.165, 1.54) is 0 Å². The van der Waals surface area contributed by atoms with Gasteiger partial charge in [-0.15, -0.1) is 0 Å². The number of hydrogen-bond donors (Lipinski definition) is 2. The molecule has 0 saturated carbocycles. The van der Waals surface area contributed by atoms with Crippen molar-refractivity contribution in [2.75, 3.05) is 6.61 Å². The summed E-state index contributed by atoms with van der Waals surface area (Å²) in [7, 11) is 0. The molecular weight excluding hydrogens is 180 g/mol. The number of carbonyl (C=O) groups is 1. The van der Waals surface area contributed by atoms with Crippen LogP contribution in [0.25, 0.3) is 0 Å². The van der Waals surface area contributed by atoms with Crippen LogP contribution in [0.15, 0.2) is 0 Å². The van der Waals surface area contributed by atoms with Crippen molar-refractivity contribution < 1.29 is 9.53 Å². The van der Waals surface area contributed by atoms with Crippen molar-refractivity contribution in [2.45, 2.75) is 51.7 Å². The lowest BCUT2D eigenvalue weighted by atomic mass is 9.95. The Bertz CT molecular complexity index is 197. The number of nitrogens with one attached hydrogen (secondary N) is 2. The van der Waals surface area contributed by atoms with Crippen molar-refractivity contribution in [1.29, 1.82) is 0 Å². The third-order valence-electron chi connectivity index (χ3n) is 2.64. The van der Waals surface area contributed by atoms with E-state index >= 15 is 0 Å². The van der Waals surface area contributed by atoms with Gasteiger partial charge in [-0.3, -0.25) is 0 Å². The van der Waals surface area contributed by atoms with Crippen molar-refractivity contribution >= 4 is 6.09 Å². The summed E-state index contributed by atoms with van der Waals surface area (Å²) < 4.78 is 4.84. The maximum Gasteiger partial charge on any atom is 0.407 e. The first-order valence-corrected chi connectivity index (χ1v) is 5.32. The molecule has 0 spiro atoms. The minimum Gasteiger partial charge on any atom is -0.450 e. The number of amides is 1. The van der Waals surface area contributed by atoms with Crippen LogP contribution in [0.2, 0.25) is 0 Å². The summed E-state index contributed by atoms with van der Waals surface area (Å²) in [4.78, 5) is 11.2. The Hall–Kier alpha value is -0.770. The third-order valence-corrected chi connectivity index (χ3v) is 2.64. The van der Waals surface area contributed by atoms with Crippen molar-refractivity contribution in [3.05, 3.63) is 0 Å². The first-order chi connectivity index (χ1) is 6.63. The van der Waals surface area contributed by atoms with Crippen LogP contribution in [0, 0.1) is 0 Å². The zero-order valence-electron chi connectivity index (χ0n) is 9.17. The van der Waals surface area contributed by atoms with Crippen LogP contribution < -0.4 is 10.6 Å². The number of ether oxygens (including phenoxy) is 1. The molecule has 3 atom stereocenters. The number of piperidine rings is 1. The topological polar surface area (TPSA) is 50.4 Å². The highest BCUT2D eigenvalue weighted by molar-refractivity contribution is 5.67. The van der Waals surface area contributed by atoms with Crippen LogP contribution >= 0.6 is 0 Å². The molecule has 82 valence electrons. The van der Waals surface area contributed by atoms with Gasteiger partial charge in [0, 0.05) is 18.1 Å². The molecule has 3 unspecified atom stereocenters. The Morgan fingerprint density at radius 2 is 2.21 bits per heavy atom. The van der Waals surface area contributed by atoms with Gasteiger partial charge in [-0.1, -0.05) is 0 Å². The molecule has 0 aromatic heterocycles. The van der Waals surface area contributed by atoms with Gasteiger partial charge in [0.1, 0.15) is 0 Å². The Morgan fingerprint density at radius 1 is 1.50 bits per heavy atom. The standard InChI is InChI=1S/C10H20N2O2/c1-4-14-10(13)12-9-6-5-7(2)11-8(9)3/h7-9,11H,4-6H2,1-3H3,(H,12,13). The van der Waals surface area contributed by atoms with Crippen molar-refractivity contribution in [2.24, 2.45) is 0 Å². The van der Waals surface area contributed by atoms with E-state index in [2.05, 4.69) is 24.5 Å². The van der Waals surface area contributed by atoms with Gasteiger partial charge in [0.2, 0.25) is 0 Å². The van der Waals surface area contributed by atoms with Crippen LogP contribution in [-0.4, -0.2) is 30.8 Å². The van der Waals surface area contributed by atoms with E-state index in [1.54, 1.807) is 0 Å². The van der Waals surface area contributed by atoms with Gasteiger partial charge in [-0.25, -0.2) is 4.79 Å². The van der Waals surface area contributed by atoms with E-state index in [1.807, 2.05) is 6.92 Å². The molecule has 0 aromatic carbocycles. The smallest absolute Gasteiger partial charge is 0.407 e. The van der Waals surface area contributed by atoms with Gasteiger partial charge in [0.15, 0.2) is 0 Å². The second-order valence-electron chi connectivity index (χ2n) is 3.91. The summed E-state index contributed by atoms with van der Waals surface area (Å²) in [6.07, 6.45) is 1.82. The average molecular weight is 200 g/mol. The van der Waals surface area contributed by atoms with Crippen molar-refractivity contribution in [1.82, 2.24) is 10.6 Å². The van der Waals surface area contributed by atoms with E-state index in [0.29, 0.717) is 18.7 Å². The molecule has 4 nitrogen and oxygen atoms in total. The molecule has 1 aliphatic heterocycles. The summed E-state index contributed by atoms with van der Waals surface area (Å²) >= 11 is 0. The molecule has 1 fully saturated rings. The lowest BCUT2D eigenvalue weighted by molar-refractivity contribution is 0.140. The summed E-state index contributed by atoms with van der Waals surface area (Å²) in [5.41, 5.74) is 0. The average Bonchev–Trinajstić information content (AvgIpc) is 2.10. The number of rotatable bonds is 2. The molecule has 0 aliphatic carbocycles. The fourth-order valence-corrected chi connectivity index (χ4v) is 1.85. The lowest BCUT2D eigenvalue weighted by Crippen LogP contribution is -2.54. The Morgan fingerprint density at radius 3 is 2.79 bits per heavy atom. The molecule has 1 heterocycles. The number of alkyl carbamates (subject to hydrolysis) is 1. The summed E-state index contributed by atoms with van der Waals surface area (Å²) in [5.74, 6) is 0. The van der Waals surface area contributed by atoms with Crippen molar-refractivity contribution in [3.8, 4) is 0 Å². The van der Waals surface area contributed by atoms with Crippen LogP contribution in [0.3, 0.4) is 0 Å². The summed E-state index contributed by atoms with van der Waals surface area (Å²) in [6.45, 7) is 6.49. The van der Waals surface area contributed by atoms with Gasteiger partial charge in [-0.2, -0.15) is 0 Å². The highest BCUT2D eigenvalue weighted by atomic mass is 16.5. The molecule has 1 rings (SSSR count). The minimum absolute atomic E-state index is 0.199. The molecule has 0 aromatic rings. The zero-order chi connectivity index (χ0) is 10.6. The first kappa shape index (κ1) is 11.3. The molecule has 0 bridgehead atoms. The fraction of sp³-hybridized carbons (Fsp3) is 0.900. The Labute approximate surface area is 85.4 Å². The van der Waals surface area contributed by atoms with Gasteiger partial charge in [0.05, 0.1) is 6.61 Å². The predicted molar refractivity (Wildman–Crippen MR) is 55.2 cm³/mol. The molecule has 0 radical (unpaired) electrons. The molecule has 14 heavy (non-hydrogen) atoms. The highest BCUT2D eigenvalue weighted by Gasteiger charge is 2.25. The highest BCUT2D eigenvalue weighted by Crippen LogP contribution is 2.13. The molecule has 1 amide bonds. The minimum atomic E-state index is -0.305. The lowest BCUT2D eigenvalue weighted by Gasteiger charge is -2.34. The monoisotopic (exact) mass is 200 g/mol. The summed E-state index contributed by atoms with van der Waals surface area (Å²) in [5, 5.41) is 6.27. The fourth-order valence-electron chi connectivity index (χ4n) is 1.85. The largest absolute Gasteiger partial charge is 0.450 e. The van der Waals surface area contributed by atoms with E-state index in [9.17, 15) is 4.79 Å². The molecule has 1 saturated heterocycles. The van der Waals surface area contributed by atoms with Crippen molar-refractivity contribution in [3.63, 3.8) is 0 Å². The van der Waals surface area contributed by atoms with E-state index < -0.39 is 0 Å². The first-order valence-electron chi connectivity index (χ1n) is 5.32. The Balaban J connectivity index is 2.33. The van der Waals surface area contributed by atoms with E-state index in [4.69, 9.17) is 4.74 Å². The van der Waals surface area contributed by atoms with Gasteiger partial charge in [0.25, 0.3) is 0 Å². The van der Waals surface area contributed by atoms with E-state index in [-0.39, 0.29) is 12.1 Å². The van der Waals surface area contributed by atoms with Crippen LogP contribution in [0.4, 0.5) is 4.79 Å². The predicted octanol–water partition coefficient (Wildman–Crippen LogP) is 1.26. The van der Waals surface area contributed by atoms with Gasteiger partial charge in [-0.05, 0) is 33.6 Å².